The summed E-state index contributed by atoms with van der Waals surface area (Å²) >= 11 is 0. The van der Waals surface area contributed by atoms with Gasteiger partial charge in [0.2, 0.25) is 0 Å². The van der Waals surface area contributed by atoms with Crippen LogP contribution in [-0.2, 0) is 11.3 Å². The highest BCUT2D eigenvalue weighted by atomic mass is 16.5. The van der Waals surface area contributed by atoms with Crippen molar-refractivity contribution in [1.82, 2.24) is 5.32 Å². The van der Waals surface area contributed by atoms with Gasteiger partial charge in [0, 0.05) is 12.2 Å². The molecule has 1 heterocycles. The molecule has 0 bridgehead atoms. The monoisotopic (exact) mass is 221 g/mol. The van der Waals surface area contributed by atoms with Crippen LogP contribution in [0, 0.1) is 5.92 Å². The zero-order valence-electron chi connectivity index (χ0n) is 9.48. The summed E-state index contributed by atoms with van der Waals surface area (Å²) in [6, 6.07) is 7.34. The van der Waals surface area contributed by atoms with Gasteiger partial charge in [-0.15, -0.1) is 0 Å². The van der Waals surface area contributed by atoms with Gasteiger partial charge in [-0.3, -0.25) is 0 Å². The number of benzene rings is 1. The van der Waals surface area contributed by atoms with Gasteiger partial charge >= 0.3 is 0 Å². The number of ether oxygens (including phenoxy) is 1. The Morgan fingerprint density at radius 2 is 2.00 bits per heavy atom. The summed E-state index contributed by atoms with van der Waals surface area (Å²) in [6.45, 7) is 3.52. The molecule has 0 aromatic heterocycles. The standard InChI is InChI=1S/C13H19NO2/c15-13-4-2-1-3-12(13)10-16-9-11-5-7-14-8-6-11/h1-4,11,14-15H,5-10H2. The van der Waals surface area contributed by atoms with Crippen molar-refractivity contribution in [2.45, 2.75) is 19.4 Å². The number of phenolic OH excluding ortho intramolecular Hbond substituents is 1. The average Bonchev–Trinajstić information content (AvgIpc) is 2.33. The third kappa shape index (κ3) is 3.22. The first kappa shape index (κ1) is 11.4. The third-order valence-electron chi connectivity index (χ3n) is 3.06. The Morgan fingerprint density at radius 3 is 2.75 bits per heavy atom. The van der Waals surface area contributed by atoms with E-state index in [2.05, 4.69) is 5.32 Å². The largest absolute Gasteiger partial charge is 0.508 e. The van der Waals surface area contributed by atoms with Crippen molar-refractivity contribution in [2.75, 3.05) is 19.7 Å². The van der Waals surface area contributed by atoms with Crippen LogP contribution in [0.1, 0.15) is 18.4 Å². The van der Waals surface area contributed by atoms with Crippen LogP contribution in [-0.4, -0.2) is 24.8 Å². The molecular weight excluding hydrogens is 202 g/mol. The molecule has 1 fully saturated rings. The Labute approximate surface area is 96.4 Å². The van der Waals surface area contributed by atoms with Crippen LogP contribution in [0.2, 0.25) is 0 Å². The molecule has 0 amide bonds. The van der Waals surface area contributed by atoms with E-state index in [1.807, 2.05) is 18.2 Å². The number of para-hydroxylation sites is 1. The normalized spacial score (nSPS) is 17.5. The predicted octanol–water partition coefficient (Wildman–Crippen LogP) is 1.91. The first-order chi connectivity index (χ1) is 7.86. The molecule has 0 spiro atoms. The Hall–Kier alpha value is -1.06. The number of rotatable bonds is 4. The zero-order valence-corrected chi connectivity index (χ0v) is 9.48. The molecule has 2 rings (SSSR count). The van der Waals surface area contributed by atoms with Gasteiger partial charge in [-0.05, 0) is 37.9 Å². The summed E-state index contributed by atoms with van der Waals surface area (Å²) in [5.41, 5.74) is 0.872. The summed E-state index contributed by atoms with van der Waals surface area (Å²) in [5.74, 6) is 1.000. The Balaban J connectivity index is 1.73. The number of aromatic hydroxyl groups is 1. The van der Waals surface area contributed by atoms with E-state index in [1.54, 1.807) is 6.07 Å². The lowest BCUT2D eigenvalue weighted by Crippen LogP contribution is -2.29. The first-order valence-corrected chi connectivity index (χ1v) is 5.91. The van der Waals surface area contributed by atoms with Gasteiger partial charge < -0.3 is 15.2 Å². The molecule has 3 heteroatoms. The van der Waals surface area contributed by atoms with Crippen LogP contribution in [0.15, 0.2) is 24.3 Å². The van der Waals surface area contributed by atoms with Crippen LogP contribution in [0.4, 0.5) is 0 Å². The number of nitrogens with one attached hydrogen (secondary N) is 1. The Bertz CT molecular complexity index is 321. The van der Waals surface area contributed by atoms with Gasteiger partial charge in [0.25, 0.3) is 0 Å². The van der Waals surface area contributed by atoms with Crippen molar-refractivity contribution >= 4 is 0 Å². The highest BCUT2D eigenvalue weighted by molar-refractivity contribution is 5.30. The van der Waals surface area contributed by atoms with Gasteiger partial charge in [0.15, 0.2) is 0 Å². The van der Waals surface area contributed by atoms with Crippen molar-refractivity contribution in [2.24, 2.45) is 5.92 Å². The van der Waals surface area contributed by atoms with Crippen molar-refractivity contribution in [3.05, 3.63) is 29.8 Å². The molecule has 16 heavy (non-hydrogen) atoms. The number of hydrogen-bond donors (Lipinski definition) is 2. The first-order valence-electron chi connectivity index (χ1n) is 5.91. The molecule has 0 atom stereocenters. The summed E-state index contributed by atoms with van der Waals surface area (Å²) < 4.78 is 5.65. The second-order valence-electron chi connectivity index (χ2n) is 4.34. The van der Waals surface area contributed by atoms with Crippen LogP contribution in [0.25, 0.3) is 0 Å². The molecule has 2 N–H and O–H groups in total. The molecule has 88 valence electrons. The summed E-state index contributed by atoms with van der Waals surface area (Å²) in [6.07, 6.45) is 2.39. The molecule has 0 saturated carbocycles. The second kappa shape index (κ2) is 5.87. The lowest BCUT2D eigenvalue weighted by molar-refractivity contribution is 0.0752. The average molecular weight is 221 g/mol. The van der Waals surface area contributed by atoms with Gasteiger partial charge in [-0.1, -0.05) is 18.2 Å². The quantitative estimate of drug-likeness (QED) is 0.816. The second-order valence-corrected chi connectivity index (χ2v) is 4.34. The molecule has 0 radical (unpaired) electrons. The van der Waals surface area contributed by atoms with E-state index >= 15 is 0 Å². The summed E-state index contributed by atoms with van der Waals surface area (Å²) in [4.78, 5) is 0. The fourth-order valence-electron chi connectivity index (χ4n) is 2.02. The SMILES string of the molecule is Oc1ccccc1COCC1CCNCC1. The highest BCUT2D eigenvalue weighted by Gasteiger charge is 2.12. The molecule has 1 aliphatic rings. The smallest absolute Gasteiger partial charge is 0.121 e. The van der Waals surface area contributed by atoms with E-state index in [0.29, 0.717) is 18.3 Å². The number of piperidine rings is 1. The molecule has 1 aliphatic heterocycles. The third-order valence-corrected chi connectivity index (χ3v) is 3.06. The van der Waals surface area contributed by atoms with Gasteiger partial charge in [0.1, 0.15) is 5.75 Å². The summed E-state index contributed by atoms with van der Waals surface area (Å²) in [7, 11) is 0. The topological polar surface area (TPSA) is 41.5 Å². The Kier molecular flexibility index (Phi) is 4.19. The van der Waals surface area contributed by atoms with Crippen LogP contribution >= 0.6 is 0 Å². The maximum Gasteiger partial charge on any atom is 0.121 e. The zero-order chi connectivity index (χ0) is 11.2. The predicted molar refractivity (Wildman–Crippen MR) is 63.4 cm³/mol. The van der Waals surface area contributed by atoms with Gasteiger partial charge in [-0.25, -0.2) is 0 Å². The van der Waals surface area contributed by atoms with Crippen LogP contribution in [0.3, 0.4) is 0 Å². The van der Waals surface area contributed by atoms with E-state index in [1.165, 1.54) is 12.8 Å². The van der Waals surface area contributed by atoms with Crippen LogP contribution in [0.5, 0.6) is 5.75 Å². The number of phenols is 1. The number of hydrogen-bond acceptors (Lipinski definition) is 3. The van der Waals surface area contributed by atoms with E-state index < -0.39 is 0 Å². The maximum absolute atomic E-state index is 9.56. The fourth-order valence-corrected chi connectivity index (χ4v) is 2.02. The van der Waals surface area contributed by atoms with Crippen molar-refractivity contribution < 1.29 is 9.84 Å². The maximum atomic E-state index is 9.56. The molecule has 0 aliphatic carbocycles. The lowest BCUT2D eigenvalue weighted by Gasteiger charge is -2.22. The van der Waals surface area contributed by atoms with E-state index in [9.17, 15) is 5.11 Å². The van der Waals surface area contributed by atoms with Crippen molar-refractivity contribution in [3.63, 3.8) is 0 Å². The van der Waals surface area contributed by atoms with E-state index in [4.69, 9.17) is 4.74 Å². The highest BCUT2D eigenvalue weighted by Crippen LogP contribution is 2.18. The van der Waals surface area contributed by atoms with Crippen molar-refractivity contribution in [3.8, 4) is 5.75 Å². The van der Waals surface area contributed by atoms with Crippen LogP contribution < -0.4 is 5.32 Å². The van der Waals surface area contributed by atoms with Gasteiger partial charge in [0.05, 0.1) is 6.61 Å². The fraction of sp³-hybridized carbons (Fsp3) is 0.538. The molecule has 1 aromatic carbocycles. The summed E-state index contributed by atoms with van der Waals surface area (Å²) in [5, 5.41) is 12.9. The van der Waals surface area contributed by atoms with E-state index in [-0.39, 0.29) is 0 Å². The molecule has 0 unspecified atom stereocenters. The molecule has 1 aromatic rings. The van der Waals surface area contributed by atoms with E-state index in [0.717, 1.165) is 25.3 Å². The molecular formula is C13H19NO2. The minimum absolute atomic E-state index is 0.327. The minimum atomic E-state index is 0.327. The Morgan fingerprint density at radius 1 is 1.25 bits per heavy atom. The molecule has 3 nitrogen and oxygen atoms in total. The van der Waals surface area contributed by atoms with Crippen molar-refractivity contribution in [1.29, 1.82) is 0 Å². The lowest BCUT2D eigenvalue weighted by atomic mass is 9.99. The van der Waals surface area contributed by atoms with Gasteiger partial charge in [-0.2, -0.15) is 0 Å². The minimum Gasteiger partial charge on any atom is -0.508 e. The molecule has 1 saturated heterocycles.